The average molecular weight is 427 g/mol. The molecule has 3 aromatic carbocycles. The van der Waals surface area contributed by atoms with Gasteiger partial charge in [-0.15, -0.1) is 0 Å². The third-order valence-corrected chi connectivity index (χ3v) is 5.60. The number of benzene rings is 3. The van der Waals surface area contributed by atoms with Crippen LogP contribution in [-0.2, 0) is 17.6 Å². The Morgan fingerprint density at radius 3 is 2.38 bits per heavy atom. The quantitative estimate of drug-likeness (QED) is 0.474. The smallest absolute Gasteiger partial charge is 0.335 e. The molecule has 1 N–H and O–H groups in total. The van der Waals surface area contributed by atoms with Crippen molar-refractivity contribution in [2.75, 3.05) is 0 Å². The van der Waals surface area contributed by atoms with E-state index in [2.05, 4.69) is 0 Å². The zero-order valence-electron chi connectivity index (χ0n) is 15.9. The Morgan fingerprint density at radius 1 is 0.931 bits per heavy atom. The van der Waals surface area contributed by atoms with Crippen molar-refractivity contribution in [3.8, 4) is 11.1 Å². The summed E-state index contributed by atoms with van der Waals surface area (Å²) in [5, 5.41) is 10.6. The Hall–Kier alpha value is -2.62. The van der Waals surface area contributed by atoms with Gasteiger partial charge in [-0.3, -0.25) is 4.79 Å². The second-order valence-electron chi connectivity index (χ2n) is 6.96. The third kappa shape index (κ3) is 5.26. The molecule has 5 heteroatoms. The summed E-state index contributed by atoms with van der Waals surface area (Å²) < 4.78 is 0. The molecule has 0 aliphatic heterocycles. The van der Waals surface area contributed by atoms with Gasteiger partial charge in [0.15, 0.2) is 0 Å². The first-order valence-corrected chi connectivity index (χ1v) is 9.98. The molecule has 0 fully saturated rings. The molecule has 0 aliphatic rings. The second kappa shape index (κ2) is 9.25. The number of aromatic carboxylic acids is 1. The van der Waals surface area contributed by atoms with Crippen LogP contribution < -0.4 is 0 Å². The second-order valence-corrected chi connectivity index (χ2v) is 7.77. The molecule has 0 spiro atoms. The molecule has 0 amide bonds. The van der Waals surface area contributed by atoms with Gasteiger partial charge >= 0.3 is 5.97 Å². The molecule has 0 radical (unpaired) electrons. The molecule has 0 bridgehead atoms. The van der Waals surface area contributed by atoms with Crippen LogP contribution in [0.1, 0.15) is 33.5 Å². The largest absolute Gasteiger partial charge is 0.478 e. The van der Waals surface area contributed by atoms with Crippen molar-refractivity contribution in [2.45, 2.75) is 26.2 Å². The molecule has 3 aromatic rings. The van der Waals surface area contributed by atoms with E-state index in [-0.39, 0.29) is 17.8 Å². The molecule has 0 atom stereocenters. The molecule has 3 rings (SSSR count). The molecule has 148 valence electrons. The van der Waals surface area contributed by atoms with Crippen molar-refractivity contribution in [1.29, 1.82) is 0 Å². The lowest BCUT2D eigenvalue weighted by atomic mass is 9.93. The Bertz CT molecular complexity index is 1070. The van der Waals surface area contributed by atoms with Crippen molar-refractivity contribution in [3.05, 3.63) is 93.0 Å². The van der Waals surface area contributed by atoms with Gasteiger partial charge < -0.3 is 5.11 Å². The van der Waals surface area contributed by atoms with E-state index in [9.17, 15) is 14.7 Å². The minimum atomic E-state index is -1.03. The van der Waals surface area contributed by atoms with E-state index in [1.165, 1.54) is 0 Å². The van der Waals surface area contributed by atoms with Gasteiger partial charge in [-0.25, -0.2) is 4.79 Å². The van der Waals surface area contributed by atoms with Gasteiger partial charge in [-0.05, 0) is 59.4 Å². The molecule has 0 aliphatic carbocycles. The highest BCUT2D eigenvalue weighted by Crippen LogP contribution is 2.27. The molecule has 0 saturated carbocycles. The van der Waals surface area contributed by atoms with Gasteiger partial charge in [-0.2, -0.15) is 0 Å². The fourth-order valence-electron chi connectivity index (χ4n) is 3.27. The lowest BCUT2D eigenvalue weighted by molar-refractivity contribution is -0.118. The lowest BCUT2D eigenvalue weighted by Gasteiger charge is -2.11. The first kappa shape index (κ1) is 21.1. The summed E-state index contributed by atoms with van der Waals surface area (Å²) in [6.45, 7) is 1.98. The van der Waals surface area contributed by atoms with Gasteiger partial charge in [0.05, 0.1) is 15.6 Å². The van der Waals surface area contributed by atoms with Crippen LogP contribution in [0.4, 0.5) is 0 Å². The number of carbonyl (C=O) groups excluding carboxylic acids is 1. The van der Waals surface area contributed by atoms with Crippen molar-refractivity contribution >= 4 is 35.0 Å². The lowest BCUT2D eigenvalue weighted by Crippen LogP contribution is -2.10. The summed E-state index contributed by atoms with van der Waals surface area (Å²) in [5.74, 6) is -1.06. The minimum Gasteiger partial charge on any atom is -0.478 e. The highest BCUT2D eigenvalue weighted by molar-refractivity contribution is 6.42. The van der Waals surface area contributed by atoms with E-state index in [1.54, 1.807) is 24.3 Å². The van der Waals surface area contributed by atoms with Crippen LogP contribution in [-0.4, -0.2) is 16.9 Å². The monoisotopic (exact) mass is 426 g/mol. The fourth-order valence-corrected chi connectivity index (χ4v) is 3.59. The minimum absolute atomic E-state index is 0.0257. The average Bonchev–Trinajstić information content (AvgIpc) is 2.69. The van der Waals surface area contributed by atoms with Crippen molar-refractivity contribution in [1.82, 2.24) is 0 Å². The molecule has 3 nitrogen and oxygen atoms in total. The number of carboxylic acid groups (broad SMARTS) is 1. The zero-order chi connectivity index (χ0) is 21.0. The van der Waals surface area contributed by atoms with Crippen molar-refractivity contribution in [2.24, 2.45) is 0 Å². The van der Waals surface area contributed by atoms with Crippen LogP contribution in [0.2, 0.25) is 10.0 Å². The van der Waals surface area contributed by atoms with Gasteiger partial charge in [0.25, 0.3) is 0 Å². The van der Waals surface area contributed by atoms with Gasteiger partial charge in [0, 0.05) is 12.8 Å². The van der Waals surface area contributed by atoms with E-state index in [0.29, 0.717) is 28.5 Å². The molecular formula is C24H20Cl2O3. The van der Waals surface area contributed by atoms with Gasteiger partial charge in [-0.1, -0.05) is 65.7 Å². The number of rotatable bonds is 7. The Morgan fingerprint density at radius 2 is 1.69 bits per heavy atom. The topological polar surface area (TPSA) is 54.4 Å². The number of Topliss-reactive ketones (excluding diaryl/α,β-unsaturated/α-hetero) is 1. The number of carboxylic acids is 1. The SMILES string of the molecule is Cc1ccccc1-c1ccc(CC(=O)CCc2ccc(Cl)c(Cl)c2)c(C(=O)O)c1. The first-order chi connectivity index (χ1) is 13.8. The summed E-state index contributed by atoms with van der Waals surface area (Å²) in [7, 11) is 0. The maximum Gasteiger partial charge on any atom is 0.335 e. The number of ketones is 1. The number of hydrogen-bond donors (Lipinski definition) is 1. The normalized spacial score (nSPS) is 10.7. The Balaban J connectivity index is 1.76. The zero-order valence-corrected chi connectivity index (χ0v) is 17.4. The van der Waals surface area contributed by atoms with Crippen LogP contribution in [0.25, 0.3) is 11.1 Å². The summed E-state index contributed by atoms with van der Waals surface area (Å²) in [5.41, 5.74) is 4.47. The summed E-state index contributed by atoms with van der Waals surface area (Å²) in [4.78, 5) is 24.3. The molecule has 0 heterocycles. The van der Waals surface area contributed by atoms with Crippen LogP contribution >= 0.6 is 23.2 Å². The third-order valence-electron chi connectivity index (χ3n) is 4.86. The molecule has 0 saturated heterocycles. The van der Waals surface area contributed by atoms with Crippen molar-refractivity contribution in [3.63, 3.8) is 0 Å². The standard InChI is InChI=1S/C24H20Cl2O3/c1-15-4-2-3-5-20(15)18-9-8-17(21(14-18)24(28)29)13-19(27)10-6-16-7-11-22(25)23(26)12-16/h2-5,7-9,11-12,14H,6,10,13H2,1H3,(H,28,29). The molecule has 29 heavy (non-hydrogen) atoms. The van der Waals surface area contributed by atoms with E-state index in [4.69, 9.17) is 23.2 Å². The summed E-state index contributed by atoms with van der Waals surface area (Å²) >= 11 is 11.9. The maximum atomic E-state index is 12.5. The number of aryl methyl sites for hydroxylation is 2. The number of carbonyl (C=O) groups is 2. The maximum absolute atomic E-state index is 12.5. The summed E-state index contributed by atoms with van der Waals surface area (Å²) in [6, 6.07) is 18.3. The number of halogens is 2. The molecular weight excluding hydrogens is 407 g/mol. The van der Waals surface area contributed by atoms with Gasteiger partial charge in [0.2, 0.25) is 0 Å². The van der Waals surface area contributed by atoms with Crippen molar-refractivity contribution < 1.29 is 14.7 Å². The Labute approximate surface area is 179 Å². The van der Waals surface area contributed by atoms with E-state index < -0.39 is 5.97 Å². The van der Waals surface area contributed by atoms with Crippen LogP contribution in [0.3, 0.4) is 0 Å². The summed E-state index contributed by atoms with van der Waals surface area (Å²) in [6.07, 6.45) is 0.910. The van der Waals surface area contributed by atoms with E-state index >= 15 is 0 Å². The van der Waals surface area contributed by atoms with Crippen LogP contribution in [0, 0.1) is 6.92 Å². The fraction of sp³-hybridized carbons (Fsp3) is 0.167. The highest BCUT2D eigenvalue weighted by Gasteiger charge is 2.15. The first-order valence-electron chi connectivity index (χ1n) is 9.23. The highest BCUT2D eigenvalue weighted by atomic mass is 35.5. The predicted molar refractivity (Wildman–Crippen MR) is 117 cm³/mol. The van der Waals surface area contributed by atoms with Gasteiger partial charge in [0.1, 0.15) is 5.78 Å². The molecule has 0 unspecified atom stereocenters. The predicted octanol–water partition coefficient (Wildman–Crippen LogP) is 6.41. The number of hydrogen-bond acceptors (Lipinski definition) is 2. The Kier molecular flexibility index (Phi) is 6.73. The molecule has 0 aromatic heterocycles. The van der Waals surface area contributed by atoms with E-state index in [1.807, 2.05) is 43.3 Å². The van der Waals surface area contributed by atoms with Crippen LogP contribution in [0.5, 0.6) is 0 Å². The van der Waals surface area contributed by atoms with Crippen LogP contribution in [0.15, 0.2) is 60.7 Å². The van der Waals surface area contributed by atoms with E-state index in [0.717, 1.165) is 22.3 Å².